The molecule has 0 heterocycles. The van der Waals surface area contributed by atoms with Crippen molar-refractivity contribution in [3.63, 3.8) is 0 Å². The van der Waals surface area contributed by atoms with E-state index in [9.17, 15) is 10.2 Å². The van der Waals surface area contributed by atoms with Gasteiger partial charge in [-0.3, -0.25) is 0 Å². The highest BCUT2D eigenvalue weighted by atomic mass is 16.3. The number of rotatable bonds is 1. The molecule has 0 spiro atoms. The molecule has 78 valence electrons. The van der Waals surface area contributed by atoms with E-state index in [1.165, 1.54) is 0 Å². The molecule has 0 radical (unpaired) electrons. The fraction of sp³-hybridized carbons (Fsp3) is 0.231. The Bertz CT molecular complexity index is 430. The minimum atomic E-state index is -0.409. The molecule has 2 nitrogen and oxygen atoms in total. The number of aromatic hydroxyl groups is 1. The summed E-state index contributed by atoms with van der Waals surface area (Å²) in [6.45, 7) is 1.86. The Balaban J connectivity index is 2.37. The summed E-state index contributed by atoms with van der Waals surface area (Å²) in [5, 5.41) is 19.1. The van der Waals surface area contributed by atoms with Gasteiger partial charge in [-0.1, -0.05) is 24.3 Å². The minimum Gasteiger partial charge on any atom is -0.508 e. The number of hydrogen-bond donors (Lipinski definition) is 2. The third-order valence-corrected chi connectivity index (χ3v) is 2.59. The Morgan fingerprint density at radius 1 is 1.33 bits per heavy atom. The van der Waals surface area contributed by atoms with Crippen molar-refractivity contribution < 1.29 is 10.2 Å². The van der Waals surface area contributed by atoms with E-state index in [1.807, 2.05) is 37.3 Å². The molecule has 0 fully saturated rings. The summed E-state index contributed by atoms with van der Waals surface area (Å²) < 4.78 is 0. The summed E-state index contributed by atoms with van der Waals surface area (Å²) in [4.78, 5) is 0. The van der Waals surface area contributed by atoms with Gasteiger partial charge in [0, 0.05) is 0 Å². The lowest BCUT2D eigenvalue weighted by Crippen LogP contribution is -2.04. The zero-order chi connectivity index (χ0) is 10.8. The molecule has 1 aromatic carbocycles. The number of benzene rings is 1. The molecule has 15 heavy (non-hydrogen) atoms. The van der Waals surface area contributed by atoms with Gasteiger partial charge in [0.05, 0.1) is 6.10 Å². The highest BCUT2D eigenvalue weighted by molar-refractivity contribution is 5.76. The highest BCUT2D eigenvalue weighted by Gasteiger charge is 2.08. The molecule has 0 aromatic heterocycles. The number of aliphatic hydroxyl groups excluding tert-OH is 1. The SMILES string of the molecule is Cc1ccc(C2=CC(O)CC=C2)cc1O. The fourth-order valence-electron chi connectivity index (χ4n) is 1.65. The molecule has 0 amide bonds. The Hall–Kier alpha value is -1.54. The molecule has 2 rings (SSSR count). The van der Waals surface area contributed by atoms with Crippen LogP contribution >= 0.6 is 0 Å². The monoisotopic (exact) mass is 202 g/mol. The highest BCUT2D eigenvalue weighted by Crippen LogP contribution is 2.26. The molecule has 1 aromatic rings. The first-order valence-electron chi connectivity index (χ1n) is 5.03. The fourth-order valence-corrected chi connectivity index (χ4v) is 1.65. The Kier molecular flexibility index (Phi) is 2.60. The molecular weight excluding hydrogens is 188 g/mol. The Morgan fingerprint density at radius 2 is 2.13 bits per heavy atom. The summed E-state index contributed by atoms with van der Waals surface area (Å²) in [6.07, 6.45) is 5.98. The summed E-state index contributed by atoms with van der Waals surface area (Å²) in [5.74, 6) is 0.293. The van der Waals surface area contributed by atoms with Gasteiger partial charge in [0.25, 0.3) is 0 Å². The van der Waals surface area contributed by atoms with Crippen LogP contribution in [0.3, 0.4) is 0 Å². The average Bonchev–Trinajstić information content (AvgIpc) is 2.22. The first-order chi connectivity index (χ1) is 7.16. The molecule has 1 atom stereocenters. The number of aryl methyl sites for hydroxylation is 1. The van der Waals surface area contributed by atoms with Gasteiger partial charge in [-0.15, -0.1) is 0 Å². The second-order valence-electron chi connectivity index (χ2n) is 3.83. The van der Waals surface area contributed by atoms with Gasteiger partial charge in [0.15, 0.2) is 0 Å². The molecule has 0 aliphatic heterocycles. The normalized spacial score (nSPS) is 20.1. The summed E-state index contributed by atoms with van der Waals surface area (Å²) in [6, 6.07) is 5.55. The molecular formula is C13H14O2. The number of phenolic OH excluding ortho intramolecular Hbond substituents is 1. The van der Waals surface area contributed by atoms with Crippen molar-refractivity contribution >= 4 is 5.57 Å². The van der Waals surface area contributed by atoms with E-state index in [0.29, 0.717) is 12.2 Å². The van der Waals surface area contributed by atoms with Gasteiger partial charge < -0.3 is 10.2 Å². The second kappa shape index (κ2) is 3.91. The van der Waals surface area contributed by atoms with Crippen molar-refractivity contribution in [2.24, 2.45) is 0 Å². The summed E-state index contributed by atoms with van der Waals surface area (Å²) >= 11 is 0. The maximum absolute atomic E-state index is 9.58. The first kappa shape index (κ1) is 9.99. The third kappa shape index (κ3) is 2.10. The van der Waals surface area contributed by atoms with Crippen LogP contribution in [0.2, 0.25) is 0 Å². The van der Waals surface area contributed by atoms with Crippen LogP contribution in [0, 0.1) is 6.92 Å². The maximum Gasteiger partial charge on any atom is 0.119 e. The van der Waals surface area contributed by atoms with E-state index in [1.54, 1.807) is 6.07 Å². The van der Waals surface area contributed by atoms with Crippen LogP contribution in [0.15, 0.2) is 36.4 Å². The van der Waals surface area contributed by atoms with Crippen molar-refractivity contribution in [2.75, 3.05) is 0 Å². The number of allylic oxidation sites excluding steroid dienone is 2. The van der Waals surface area contributed by atoms with Crippen LogP contribution in [0.25, 0.3) is 5.57 Å². The molecule has 0 saturated carbocycles. The van der Waals surface area contributed by atoms with Gasteiger partial charge in [-0.2, -0.15) is 0 Å². The molecule has 2 heteroatoms. The van der Waals surface area contributed by atoms with E-state index < -0.39 is 6.10 Å². The number of hydrogen-bond acceptors (Lipinski definition) is 2. The molecule has 1 aliphatic rings. The van der Waals surface area contributed by atoms with Gasteiger partial charge >= 0.3 is 0 Å². The zero-order valence-electron chi connectivity index (χ0n) is 8.64. The van der Waals surface area contributed by atoms with E-state index in [-0.39, 0.29) is 0 Å². The minimum absolute atomic E-state index is 0.293. The van der Waals surface area contributed by atoms with Crippen LogP contribution in [0.5, 0.6) is 5.75 Å². The van der Waals surface area contributed by atoms with Gasteiger partial charge in [0.2, 0.25) is 0 Å². The van der Waals surface area contributed by atoms with Crippen molar-refractivity contribution in [3.05, 3.63) is 47.6 Å². The standard InChI is InChI=1S/C13H14O2/c1-9-5-6-11(8-13(9)15)10-3-2-4-12(14)7-10/h2-3,5-8,12,14-15H,4H2,1H3. The smallest absolute Gasteiger partial charge is 0.119 e. The molecule has 2 N–H and O–H groups in total. The van der Waals surface area contributed by atoms with Gasteiger partial charge in [0.1, 0.15) is 5.75 Å². The van der Waals surface area contributed by atoms with Crippen molar-refractivity contribution in [1.82, 2.24) is 0 Å². The van der Waals surface area contributed by atoms with E-state index in [0.717, 1.165) is 16.7 Å². The number of phenols is 1. The first-order valence-corrected chi connectivity index (χ1v) is 5.03. The van der Waals surface area contributed by atoms with Crippen molar-refractivity contribution in [3.8, 4) is 5.75 Å². The molecule has 0 bridgehead atoms. The lowest BCUT2D eigenvalue weighted by molar-refractivity contribution is 0.226. The summed E-state index contributed by atoms with van der Waals surface area (Å²) in [7, 11) is 0. The summed E-state index contributed by atoms with van der Waals surface area (Å²) in [5.41, 5.74) is 2.76. The van der Waals surface area contributed by atoms with E-state index in [2.05, 4.69) is 0 Å². The lowest BCUT2D eigenvalue weighted by atomic mass is 9.97. The second-order valence-corrected chi connectivity index (χ2v) is 3.83. The number of aliphatic hydroxyl groups is 1. The van der Waals surface area contributed by atoms with Crippen LogP contribution < -0.4 is 0 Å². The average molecular weight is 202 g/mol. The van der Waals surface area contributed by atoms with Gasteiger partial charge in [-0.05, 0) is 42.2 Å². The van der Waals surface area contributed by atoms with Crippen LogP contribution in [0.4, 0.5) is 0 Å². The Labute approximate surface area is 89.2 Å². The predicted octanol–water partition coefficient (Wildman–Crippen LogP) is 2.40. The largest absolute Gasteiger partial charge is 0.508 e. The van der Waals surface area contributed by atoms with Crippen LogP contribution in [0.1, 0.15) is 17.5 Å². The van der Waals surface area contributed by atoms with Crippen LogP contribution in [-0.2, 0) is 0 Å². The van der Waals surface area contributed by atoms with Crippen LogP contribution in [-0.4, -0.2) is 16.3 Å². The molecule has 1 aliphatic carbocycles. The van der Waals surface area contributed by atoms with Gasteiger partial charge in [-0.25, -0.2) is 0 Å². The third-order valence-electron chi connectivity index (χ3n) is 2.59. The van der Waals surface area contributed by atoms with E-state index in [4.69, 9.17) is 0 Å². The van der Waals surface area contributed by atoms with Crippen molar-refractivity contribution in [1.29, 1.82) is 0 Å². The Morgan fingerprint density at radius 3 is 2.80 bits per heavy atom. The van der Waals surface area contributed by atoms with E-state index >= 15 is 0 Å². The predicted molar refractivity (Wildman–Crippen MR) is 60.6 cm³/mol. The topological polar surface area (TPSA) is 40.5 Å². The maximum atomic E-state index is 9.58. The molecule has 1 unspecified atom stereocenters. The van der Waals surface area contributed by atoms with Crippen molar-refractivity contribution in [2.45, 2.75) is 19.4 Å². The molecule has 0 saturated heterocycles. The zero-order valence-corrected chi connectivity index (χ0v) is 8.64. The quantitative estimate of drug-likeness (QED) is 0.734. The lowest BCUT2D eigenvalue weighted by Gasteiger charge is -2.12.